The van der Waals surface area contributed by atoms with Gasteiger partial charge in [-0.3, -0.25) is 0 Å². The highest BCUT2D eigenvalue weighted by atomic mass is 35.5. The number of aliphatic hydroxyl groups is 1. The maximum atomic E-state index is 10.4. The van der Waals surface area contributed by atoms with E-state index in [1.807, 2.05) is 32.0 Å². The molecule has 2 heterocycles. The SMILES string of the molecule is Cc1cc(C(O)Cc2cc(Cl)cc3c2OCC3)c(C)o1. The lowest BCUT2D eigenvalue weighted by molar-refractivity contribution is 0.175. The van der Waals surface area contributed by atoms with Gasteiger partial charge in [0, 0.05) is 23.4 Å². The van der Waals surface area contributed by atoms with Crippen LogP contribution in [-0.4, -0.2) is 11.7 Å². The van der Waals surface area contributed by atoms with Crippen molar-refractivity contribution in [2.45, 2.75) is 32.8 Å². The third-order valence-corrected chi connectivity index (χ3v) is 3.90. The van der Waals surface area contributed by atoms with Crippen LogP contribution < -0.4 is 4.74 Å². The molecule has 0 saturated heterocycles. The third kappa shape index (κ3) is 2.43. The highest BCUT2D eigenvalue weighted by molar-refractivity contribution is 6.30. The number of benzene rings is 1. The van der Waals surface area contributed by atoms with Crippen molar-refractivity contribution in [2.24, 2.45) is 0 Å². The predicted octanol–water partition coefficient (Wildman–Crippen LogP) is 3.76. The molecule has 0 spiro atoms. The summed E-state index contributed by atoms with van der Waals surface area (Å²) in [6, 6.07) is 5.69. The number of aliphatic hydroxyl groups excluding tert-OH is 1. The molecule has 0 radical (unpaired) electrons. The molecule has 1 aliphatic heterocycles. The van der Waals surface area contributed by atoms with Gasteiger partial charge in [-0.15, -0.1) is 0 Å². The molecule has 4 heteroatoms. The summed E-state index contributed by atoms with van der Waals surface area (Å²) in [6.45, 7) is 4.43. The van der Waals surface area contributed by atoms with E-state index in [0.29, 0.717) is 18.1 Å². The second-order valence-electron chi connectivity index (χ2n) is 5.24. The highest BCUT2D eigenvalue weighted by Gasteiger charge is 2.22. The number of halogens is 1. The van der Waals surface area contributed by atoms with Crippen LogP contribution in [0.2, 0.25) is 5.02 Å². The fraction of sp³-hybridized carbons (Fsp3) is 0.375. The Morgan fingerprint density at radius 2 is 2.10 bits per heavy atom. The Morgan fingerprint density at radius 3 is 2.80 bits per heavy atom. The Balaban J connectivity index is 1.90. The molecule has 0 saturated carbocycles. The van der Waals surface area contributed by atoms with Crippen LogP contribution in [0.4, 0.5) is 0 Å². The number of furan rings is 1. The van der Waals surface area contributed by atoms with E-state index in [4.69, 9.17) is 20.8 Å². The van der Waals surface area contributed by atoms with Gasteiger partial charge >= 0.3 is 0 Å². The van der Waals surface area contributed by atoms with E-state index < -0.39 is 6.10 Å². The van der Waals surface area contributed by atoms with Gasteiger partial charge in [0.15, 0.2) is 0 Å². The quantitative estimate of drug-likeness (QED) is 0.936. The van der Waals surface area contributed by atoms with Crippen LogP contribution in [0.25, 0.3) is 0 Å². The summed E-state index contributed by atoms with van der Waals surface area (Å²) >= 11 is 6.14. The summed E-state index contributed by atoms with van der Waals surface area (Å²) in [5, 5.41) is 11.1. The fourth-order valence-electron chi connectivity index (χ4n) is 2.80. The molecule has 3 rings (SSSR count). The van der Waals surface area contributed by atoms with Crippen molar-refractivity contribution in [1.82, 2.24) is 0 Å². The van der Waals surface area contributed by atoms with Gasteiger partial charge in [0.2, 0.25) is 0 Å². The van der Waals surface area contributed by atoms with Gasteiger partial charge in [-0.2, -0.15) is 0 Å². The summed E-state index contributed by atoms with van der Waals surface area (Å²) in [5.74, 6) is 2.45. The first kappa shape index (κ1) is 13.5. The molecule has 1 unspecified atom stereocenters. The molecule has 0 amide bonds. The second kappa shape index (κ2) is 5.15. The molecular formula is C16H17ClO3. The fourth-order valence-corrected chi connectivity index (χ4v) is 3.06. The Bertz CT molecular complexity index is 645. The van der Waals surface area contributed by atoms with Crippen molar-refractivity contribution in [2.75, 3.05) is 6.61 Å². The first-order valence-corrected chi connectivity index (χ1v) is 7.11. The summed E-state index contributed by atoms with van der Waals surface area (Å²) < 4.78 is 11.1. The molecule has 1 aromatic carbocycles. The van der Waals surface area contributed by atoms with E-state index in [0.717, 1.165) is 40.4 Å². The molecule has 1 aliphatic rings. The minimum Gasteiger partial charge on any atom is -0.493 e. The van der Waals surface area contributed by atoms with Crippen molar-refractivity contribution in [3.05, 3.63) is 51.4 Å². The zero-order chi connectivity index (χ0) is 14.3. The van der Waals surface area contributed by atoms with E-state index in [1.165, 1.54) is 0 Å². The molecule has 3 nitrogen and oxygen atoms in total. The monoisotopic (exact) mass is 292 g/mol. The largest absolute Gasteiger partial charge is 0.493 e. The Labute approximate surface area is 123 Å². The average Bonchev–Trinajstić information content (AvgIpc) is 2.95. The number of rotatable bonds is 3. The van der Waals surface area contributed by atoms with Gasteiger partial charge < -0.3 is 14.3 Å². The zero-order valence-electron chi connectivity index (χ0n) is 11.6. The number of aryl methyl sites for hydroxylation is 2. The lowest BCUT2D eigenvalue weighted by Crippen LogP contribution is -2.03. The van der Waals surface area contributed by atoms with Crippen molar-refractivity contribution >= 4 is 11.6 Å². The smallest absolute Gasteiger partial charge is 0.126 e. The first-order chi connectivity index (χ1) is 9.54. The van der Waals surface area contributed by atoms with Crippen molar-refractivity contribution < 1.29 is 14.3 Å². The topological polar surface area (TPSA) is 42.6 Å². The van der Waals surface area contributed by atoms with E-state index >= 15 is 0 Å². The molecule has 1 N–H and O–H groups in total. The summed E-state index contributed by atoms with van der Waals surface area (Å²) in [5.41, 5.74) is 2.91. The Morgan fingerprint density at radius 1 is 1.30 bits per heavy atom. The van der Waals surface area contributed by atoms with Crippen molar-refractivity contribution in [3.8, 4) is 5.75 Å². The van der Waals surface area contributed by atoms with Crippen LogP contribution in [0.5, 0.6) is 5.75 Å². The van der Waals surface area contributed by atoms with Crippen LogP contribution in [0.3, 0.4) is 0 Å². The maximum absolute atomic E-state index is 10.4. The molecule has 0 aliphatic carbocycles. The van der Waals surface area contributed by atoms with Gasteiger partial charge in [-0.25, -0.2) is 0 Å². The van der Waals surface area contributed by atoms with Gasteiger partial charge in [-0.05, 0) is 43.2 Å². The zero-order valence-corrected chi connectivity index (χ0v) is 12.3. The second-order valence-corrected chi connectivity index (χ2v) is 5.68. The minimum atomic E-state index is -0.612. The average molecular weight is 293 g/mol. The number of hydrogen-bond donors (Lipinski definition) is 1. The number of fused-ring (bicyclic) bond motifs is 1. The van der Waals surface area contributed by atoms with Gasteiger partial charge in [0.25, 0.3) is 0 Å². The lowest BCUT2D eigenvalue weighted by Gasteiger charge is -2.13. The third-order valence-electron chi connectivity index (χ3n) is 3.68. The molecule has 20 heavy (non-hydrogen) atoms. The summed E-state index contributed by atoms with van der Waals surface area (Å²) in [7, 11) is 0. The Hall–Kier alpha value is -1.45. The molecule has 0 bridgehead atoms. The summed E-state index contributed by atoms with van der Waals surface area (Å²) in [6.07, 6.45) is 0.741. The molecule has 2 aromatic rings. The van der Waals surface area contributed by atoms with E-state index in [1.54, 1.807) is 0 Å². The standard InChI is InChI=1S/C16H17ClO3/c1-9-5-14(10(2)20-9)15(18)8-12-7-13(17)6-11-3-4-19-16(11)12/h5-7,15,18H,3-4,8H2,1-2H3. The molecule has 1 atom stereocenters. The maximum Gasteiger partial charge on any atom is 0.126 e. The van der Waals surface area contributed by atoms with Crippen LogP contribution in [0.15, 0.2) is 22.6 Å². The lowest BCUT2D eigenvalue weighted by atomic mass is 9.99. The van der Waals surface area contributed by atoms with Crippen molar-refractivity contribution in [3.63, 3.8) is 0 Å². The van der Waals surface area contributed by atoms with E-state index in [9.17, 15) is 5.11 Å². The number of hydrogen-bond acceptors (Lipinski definition) is 3. The van der Waals surface area contributed by atoms with Gasteiger partial charge in [0.1, 0.15) is 17.3 Å². The van der Waals surface area contributed by atoms with E-state index in [-0.39, 0.29) is 0 Å². The molecule has 106 valence electrons. The molecule has 0 fully saturated rings. The summed E-state index contributed by atoms with van der Waals surface area (Å²) in [4.78, 5) is 0. The number of ether oxygens (including phenoxy) is 1. The van der Waals surface area contributed by atoms with Crippen molar-refractivity contribution in [1.29, 1.82) is 0 Å². The van der Waals surface area contributed by atoms with Crippen LogP contribution >= 0.6 is 11.6 Å². The van der Waals surface area contributed by atoms with Crippen LogP contribution in [0.1, 0.15) is 34.3 Å². The normalized spacial score (nSPS) is 15.0. The van der Waals surface area contributed by atoms with Crippen LogP contribution in [0, 0.1) is 13.8 Å². The Kier molecular flexibility index (Phi) is 3.48. The van der Waals surface area contributed by atoms with Crippen LogP contribution in [-0.2, 0) is 12.8 Å². The minimum absolute atomic E-state index is 0.475. The predicted molar refractivity (Wildman–Crippen MR) is 77.5 cm³/mol. The van der Waals surface area contributed by atoms with Gasteiger partial charge in [-0.1, -0.05) is 11.6 Å². The molecule has 1 aromatic heterocycles. The van der Waals surface area contributed by atoms with E-state index in [2.05, 4.69) is 0 Å². The van der Waals surface area contributed by atoms with Gasteiger partial charge in [0.05, 0.1) is 12.7 Å². The molecular weight excluding hydrogens is 276 g/mol. The highest BCUT2D eigenvalue weighted by Crippen LogP contribution is 2.36. The first-order valence-electron chi connectivity index (χ1n) is 6.73.